The van der Waals surface area contributed by atoms with Crippen molar-refractivity contribution in [1.29, 1.82) is 0 Å². The van der Waals surface area contributed by atoms with E-state index in [-0.39, 0.29) is 29.1 Å². The Morgan fingerprint density at radius 2 is 1.64 bits per heavy atom. The summed E-state index contributed by atoms with van der Waals surface area (Å²) in [4.78, 5) is 17.0. The summed E-state index contributed by atoms with van der Waals surface area (Å²) < 4.78 is 41.2. The second-order valence-corrected chi connectivity index (χ2v) is 10.7. The predicted molar refractivity (Wildman–Crippen MR) is 130 cm³/mol. The Bertz CT molecular complexity index is 1440. The molecule has 0 aliphatic rings. The van der Waals surface area contributed by atoms with Gasteiger partial charge in [-0.05, 0) is 25.5 Å². The minimum atomic E-state index is -3.76. The molecule has 4 heterocycles. The van der Waals surface area contributed by atoms with E-state index < -0.39 is 26.8 Å². The van der Waals surface area contributed by atoms with Crippen LogP contribution in [0.1, 0.15) is 37.0 Å². The maximum absolute atomic E-state index is 13.6. The van der Waals surface area contributed by atoms with E-state index in [0.29, 0.717) is 11.5 Å². The van der Waals surface area contributed by atoms with E-state index in [4.69, 9.17) is 9.47 Å². The number of hydrogen-bond donors (Lipinski definition) is 0. The SMILES string of the molecule is COc1ncnc(OC)c1-n1c(CS(=O)(=O)[C@@H](C)[C@H](C)c2ncc(C)cn2)nnc1-c1ccn(C)n1. The molecule has 0 radical (unpaired) electrons. The smallest absolute Gasteiger partial charge is 0.245 e. The first-order valence-corrected chi connectivity index (χ1v) is 12.8. The second-order valence-electron chi connectivity index (χ2n) is 8.31. The monoisotopic (exact) mass is 513 g/mol. The molecule has 0 fully saturated rings. The van der Waals surface area contributed by atoms with Crippen molar-refractivity contribution in [1.82, 2.24) is 44.5 Å². The van der Waals surface area contributed by atoms with Crippen molar-refractivity contribution in [2.24, 2.45) is 7.05 Å². The summed E-state index contributed by atoms with van der Waals surface area (Å²) in [6, 6.07) is 1.74. The molecular weight excluding hydrogens is 486 g/mol. The first kappa shape index (κ1) is 25.2. The highest BCUT2D eigenvalue weighted by Crippen LogP contribution is 2.34. The number of sulfone groups is 1. The average molecular weight is 514 g/mol. The van der Waals surface area contributed by atoms with Gasteiger partial charge in [0.15, 0.2) is 27.2 Å². The minimum absolute atomic E-state index is 0.130. The summed E-state index contributed by atoms with van der Waals surface area (Å²) in [7, 11) is 0.892. The van der Waals surface area contributed by atoms with Gasteiger partial charge in [0.25, 0.3) is 0 Å². The van der Waals surface area contributed by atoms with Gasteiger partial charge >= 0.3 is 0 Å². The van der Waals surface area contributed by atoms with Crippen molar-refractivity contribution < 1.29 is 17.9 Å². The highest BCUT2D eigenvalue weighted by molar-refractivity contribution is 7.91. The van der Waals surface area contributed by atoms with Gasteiger partial charge in [0, 0.05) is 31.6 Å². The van der Waals surface area contributed by atoms with E-state index in [9.17, 15) is 8.42 Å². The Hall–Kier alpha value is -3.94. The number of nitrogens with zero attached hydrogens (tertiary/aromatic N) is 9. The number of ether oxygens (including phenoxy) is 2. The lowest BCUT2D eigenvalue weighted by atomic mass is 10.1. The van der Waals surface area contributed by atoms with E-state index in [2.05, 4.69) is 35.2 Å². The Morgan fingerprint density at radius 1 is 1.00 bits per heavy atom. The van der Waals surface area contributed by atoms with Crippen LogP contribution in [0.3, 0.4) is 0 Å². The molecule has 14 heteroatoms. The molecule has 4 aromatic heterocycles. The van der Waals surface area contributed by atoms with Gasteiger partial charge in [-0.15, -0.1) is 10.2 Å². The highest BCUT2D eigenvalue weighted by atomic mass is 32.2. The van der Waals surface area contributed by atoms with Gasteiger partial charge in [-0.3, -0.25) is 9.25 Å². The third kappa shape index (κ3) is 4.76. The zero-order valence-corrected chi connectivity index (χ0v) is 21.6. The van der Waals surface area contributed by atoms with E-state index in [1.54, 1.807) is 50.2 Å². The summed E-state index contributed by atoms with van der Waals surface area (Å²) >= 11 is 0. The minimum Gasteiger partial charge on any atom is -0.479 e. The zero-order valence-electron chi connectivity index (χ0n) is 20.8. The summed E-state index contributed by atoms with van der Waals surface area (Å²) in [6.45, 7) is 5.29. The first-order valence-electron chi connectivity index (χ1n) is 11.0. The van der Waals surface area contributed by atoms with Crippen LogP contribution in [-0.2, 0) is 22.6 Å². The van der Waals surface area contributed by atoms with Crippen LogP contribution in [0.4, 0.5) is 0 Å². The largest absolute Gasteiger partial charge is 0.479 e. The van der Waals surface area contributed by atoms with Crippen LogP contribution in [0.2, 0.25) is 0 Å². The summed E-state index contributed by atoms with van der Waals surface area (Å²) in [5.41, 5.74) is 1.63. The number of aromatic nitrogens is 9. The third-order valence-corrected chi connectivity index (χ3v) is 8.05. The number of aryl methyl sites for hydroxylation is 2. The first-order chi connectivity index (χ1) is 17.2. The van der Waals surface area contributed by atoms with Crippen LogP contribution < -0.4 is 9.47 Å². The quantitative estimate of drug-likeness (QED) is 0.321. The molecular formula is C22H27N9O4S. The van der Waals surface area contributed by atoms with Crippen molar-refractivity contribution in [2.45, 2.75) is 37.7 Å². The lowest BCUT2D eigenvalue weighted by molar-refractivity contribution is 0.368. The maximum atomic E-state index is 13.6. The molecule has 4 rings (SSSR count). The van der Waals surface area contributed by atoms with Gasteiger partial charge < -0.3 is 9.47 Å². The summed E-state index contributed by atoms with van der Waals surface area (Å²) in [6.07, 6.45) is 6.36. The lowest BCUT2D eigenvalue weighted by Gasteiger charge is -2.20. The third-order valence-electron chi connectivity index (χ3n) is 5.85. The number of methoxy groups -OCH3 is 2. The fourth-order valence-electron chi connectivity index (χ4n) is 3.65. The van der Waals surface area contributed by atoms with Gasteiger partial charge in [-0.1, -0.05) is 6.92 Å². The fourth-order valence-corrected chi connectivity index (χ4v) is 5.21. The van der Waals surface area contributed by atoms with Gasteiger partial charge in [0.05, 0.1) is 19.5 Å². The fraction of sp³-hybridized carbons (Fsp3) is 0.409. The molecule has 0 aliphatic carbocycles. The van der Waals surface area contributed by atoms with Crippen molar-refractivity contribution in [3.63, 3.8) is 0 Å². The lowest BCUT2D eigenvalue weighted by Crippen LogP contribution is -2.27. The van der Waals surface area contributed by atoms with Gasteiger partial charge in [-0.2, -0.15) is 15.1 Å². The predicted octanol–water partition coefficient (Wildman–Crippen LogP) is 1.68. The molecule has 0 saturated carbocycles. The second kappa shape index (κ2) is 9.97. The normalized spacial score (nSPS) is 13.4. The van der Waals surface area contributed by atoms with E-state index in [1.807, 2.05) is 6.92 Å². The Kier molecular flexibility index (Phi) is 6.97. The van der Waals surface area contributed by atoms with Crippen LogP contribution in [0.25, 0.3) is 17.2 Å². The zero-order chi connectivity index (χ0) is 26.0. The Labute approximate surface area is 208 Å². The average Bonchev–Trinajstić information content (AvgIpc) is 3.48. The molecule has 0 amide bonds. The topological polar surface area (TPSA) is 153 Å². The van der Waals surface area contributed by atoms with Crippen LogP contribution in [0.5, 0.6) is 11.8 Å². The van der Waals surface area contributed by atoms with E-state index >= 15 is 0 Å². The molecule has 0 unspecified atom stereocenters. The van der Waals surface area contributed by atoms with Crippen molar-refractivity contribution in [3.8, 4) is 29.0 Å². The molecule has 0 aromatic carbocycles. The van der Waals surface area contributed by atoms with E-state index in [1.165, 1.54) is 25.1 Å². The van der Waals surface area contributed by atoms with Crippen LogP contribution in [0, 0.1) is 6.92 Å². The molecule has 0 saturated heterocycles. The molecule has 36 heavy (non-hydrogen) atoms. The highest BCUT2D eigenvalue weighted by Gasteiger charge is 2.33. The van der Waals surface area contributed by atoms with Gasteiger partial charge in [-0.25, -0.2) is 18.4 Å². The van der Waals surface area contributed by atoms with Crippen molar-refractivity contribution >= 4 is 9.84 Å². The van der Waals surface area contributed by atoms with Crippen molar-refractivity contribution in [2.75, 3.05) is 14.2 Å². The molecule has 0 N–H and O–H groups in total. The van der Waals surface area contributed by atoms with Crippen molar-refractivity contribution in [3.05, 3.63) is 48.2 Å². The Morgan fingerprint density at radius 3 is 2.19 bits per heavy atom. The molecule has 0 bridgehead atoms. The molecule has 4 aromatic rings. The molecule has 0 aliphatic heterocycles. The maximum Gasteiger partial charge on any atom is 0.245 e. The summed E-state index contributed by atoms with van der Waals surface area (Å²) in [5, 5.41) is 12.1. The number of hydrogen-bond acceptors (Lipinski definition) is 11. The van der Waals surface area contributed by atoms with E-state index in [0.717, 1.165) is 5.56 Å². The molecule has 13 nitrogen and oxygen atoms in total. The molecule has 2 atom stereocenters. The van der Waals surface area contributed by atoms with Crippen LogP contribution >= 0.6 is 0 Å². The standard InChI is InChI=1S/C22H27N9O4S/c1-13-9-23-19(24-10-13)14(2)15(3)36(32,33)11-17-27-28-20(16-7-8-30(4)29-16)31(17)18-21(34-5)25-12-26-22(18)35-6/h7-10,12,14-15H,11H2,1-6H3/t14-,15-/m0/s1. The van der Waals surface area contributed by atoms with Crippen LogP contribution in [-0.4, -0.2) is 72.4 Å². The molecule has 190 valence electrons. The summed E-state index contributed by atoms with van der Waals surface area (Å²) in [5.74, 6) is 0.309. The Balaban J connectivity index is 1.81. The van der Waals surface area contributed by atoms with Gasteiger partial charge in [0.1, 0.15) is 23.6 Å². The van der Waals surface area contributed by atoms with Gasteiger partial charge in [0.2, 0.25) is 11.8 Å². The molecule has 0 spiro atoms. The van der Waals surface area contributed by atoms with Crippen LogP contribution in [0.15, 0.2) is 31.0 Å². The number of rotatable bonds is 9.